The average Bonchev–Trinajstić information content (AvgIpc) is 3.41. The van der Waals surface area contributed by atoms with E-state index in [1.807, 2.05) is 5.38 Å². The summed E-state index contributed by atoms with van der Waals surface area (Å²) in [6.07, 6.45) is 1.35. The third kappa shape index (κ3) is 3.71. The molecule has 170 valence electrons. The number of ether oxygens (including phenoxy) is 1. The Morgan fingerprint density at radius 3 is 2.68 bits per heavy atom. The quantitative estimate of drug-likeness (QED) is 0.389. The Morgan fingerprint density at radius 2 is 1.91 bits per heavy atom. The van der Waals surface area contributed by atoms with Crippen molar-refractivity contribution in [2.75, 3.05) is 12.4 Å². The van der Waals surface area contributed by atoms with Crippen LogP contribution >= 0.6 is 11.3 Å². The predicted octanol–water partition coefficient (Wildman–Crippen LogP) is 3.34. The Balaban J connectivity index is 1.47. The third-order valence-electron chi connectivity index (χ3n) is 5.20. The summed E-state index contributed by atoms with van der Waals surface area (Å²) in [7, 11) is 1.25. The van der Waals surface area contributed by atoms with E-state index in [-0.39, 0.29) is 23.6 Å². The maximum atomic E-state index is 13.3. The number of nitrogens with one attached hydrogen (secondary N) is 1. The van der Waals surface area contributed by atoms with Crippen molar-refractivity contribution in [1.29, 1.82) is 0 Å². The zero-order chi connectivity index (χ0) is 23.8. The number of rotatable bonds is 5. The van der Waals surface area contributed by atoms with E-state index in [1.165, 1.54) is 47.4 Å². The number of aromatic nitrogens is 4. The van der Waals surface area contributed by atoms with Gasteiger partial charge in [-0.25, -0.2) is 28.0 Å². The number of carbonyl (C=O) groups is 2. The zero-order valence-corrected chi connectivity index (χ0v) is 18.5. The molecule has 0 bridgehead atoms. The molecule has 2 aromatic carbocycles. The molecule has 0 aliphatic heterocycles. The molecule has 0 atom stereocenters. The van der Waals surface area contributed by atoms with Crippen LogP contribution in [0.4, 0.5) is 10.1 Å². The first-order chi connectivity index (χ1) is 16.5. The number of hydrogen-bond donors (Lipinski definition) is 1. The number of carbonyl (C=O) groups excluding carboxylic acids is 2. The predicted molar refractivity (Wildman–Crippen MR) is 124 cm³/mol. The van der Waals surface area contributed by atoms with Crippen molar-refractivity contribution in [2.45, 2.75) is 6.54 Å². The number of methoxy groups -OCH3 is 1. The van der Waals surface area contributed by atoms with Crippen LogP contribution in [0.25, 0.3) is 27.0 Å². The number of thiophene rings is 1. The summed E-state index contributed by atoms with van der Waals surface area (Å²) < 4.78 is 21.0. The summed E-state index contributed by atoms with van der Waals surface area (Å²) in [6.45, 7) is -0.367. The van der Waals surface area contributed by atoms with Crippen molar-refractivity contribution >= 4 is 44.8 Å². The molecule has 0 radical (unpaired) electrons. The lowest BCUT2D eigenvalue weighted by molar-refractivity contribution is -0.117. The maximum absolute atomic E-state index is 13.3. The zero-order valence-electron chi connectivity index (χ0n) is 17.7. The molecule has 0 aliphatic rings. The average molecular weight is 477 g/mol. The van der Waals surface area contributed by atoms with Crippen LogP contribution in [0.3, 0.4) is 0 Å². The highest BCUT2D eigenvalue weighted by Crippen LogP contribution is 2.34. The highest BCUT2D eigenvalue weighted by Gasteiger charge is 2.18. The number of nitrogens with zero attached hydrogens (tertiary/aromatic N) is 4. The minimum atomic E-state index is -0.594. The van der Waals surface area contributed by atoms with E-state index in [2.05, 4.69) is 15.4 Å². The van der Waals surface area contributed by atoms with Crippen LogP contribution in [0.15, 0.2) is 65.0 Å². The molecule has 11 heteroatoms. The van der Waals surface area contributed by atoms with Gasteiger partial charge in [-0.15, -0.1) is 16.4 Å². The van der Waals surface area contributed by atoms with E-state index in [0.717, 1.165) is 15.8 Å². The van der Waals surface area contributed by atoms with Crippen LogP contribution in [-0.2, 0) is 16.1 Å². The molecule has 3 heterocycles. The SMILES string of the molecule is COC(=O)c1ccccc1NC(=O)Cn1nc2c3scc(-c4ccc(F)cc4)c3ncn2c1=O. The van der Waals surface area contributed by atoms with Crippen molar-refractivity contribution in [2.24, 2.45) is 0 Å². The van der Waals surface area contributed by atoms with E-state index in [1.54, 1.807) is 30.3 Å². The molecule has 0 unspecified atom stereocenters. The topological polar surface area (TPSA) is 108 Å². The molecule has 9 nitrogen and oxygen atoms in total. The smallest absolute Gasteiger partial charge is 0.352 e. The van der Waals surface area contributed by atoms with Crippen molar-refractivity contribution in [3.63, 3.8) is 0 Å². The monoisotopic (exact) mass is 477 g/mol. The Morgan fingerprint density at radius 1 is 1.15 bits per heavy atom. The van der Waals surface area contributed by atoms with Gasteiger partial charge in [0.2, 0.25) is 5.91 Å². The minimum absolute atomic E-state index is 0.193. The van der Waals surface area contributed by atoms with Crippen molar-refractivity contribution in [3.8, 4) is 11.1 Å². The number of fused-ring (bicyclic) bond motifs is 3. The van der Waals surface area contributed by atoms with Crippen molar-refractivity contribution < 1.29 is 18.7 Å². The van der Waals surface area contributed by atoms with Gasteiger partial charge in [0.1, 0.15) is 18.7 Å². The number of benzene rings is 2. The first-order valence-electron chi connectivity index (χ1n) is 10.0. The lowest BCUT2D eigenvalue weighted by Crippen LogP contribution is -2.28. The molecular weight excluding hydrogens is 461 g/mol. The highest BCUT2D eigenvalue weighted by molar-refractivity contribution is 7.18. The molecule has 0 saturated carbocycles. The number of esters is 1. The summed E-state index contributed by atoms with van der Waals surface area (Å²) in [5, 5.41) is 8.83. The largest absolute Gasteiger partial charge is 0.465 e. The van der Waals surface area contributed by atoms with E-state index >= 15 is 0 Å². The maximum Gasteiger partial charge on any atom is 0.352 e. The molecular formula is C23H16FN5O4S. The molecule has 1 N–H and O–H groups in total. The van der Waals surface area contributed by atoms with Crippen LogP contribution in [-0.4, -0.2) is 38.2 Å². The van der Waals surface area contributed by atoms with Crippen LogP contribution in [0, 0.1) is 5.82 Å². The molecule has 5 rings (SSSR count). The second kappa shape index (κ2) is 8.52. The fraction of sp³-hybridized carbons (Fsp3) is 0.0870. The Labute approximate surface area is 195 Å². The van der Waals surface area contributed by atoms with Gasteiger partial charge in [-0.3, -0.25) is 4.79 Å². The minimum Gasteiger partial charge on any atom is -0.465 e. The summed E-state index contributed by atoms with van der Waals surface area (Å²) in [4.78, 5) is 41.8. The van der Waals surface area contributed by atoms with Crippen LogP contribution < -0.4 is 11.0 Å². The number of hydrogen-bond acceptors (Lipinski definition) is 7. The summed E-state index contributed by atoms with van der Waals surface area (Å²) in [6, 6.07) is 12.4. The third-order valence-corrected chi connectivity index (χ3v) is 6.16. The summed E-state index contributed by atoms with van der Waals surface area (Å²) >= 11 is 1.35. The van der Waals surface area contributed by atoms with E-state index in [0.29, 0.717) is 15.9 Å². The Kier molecular flexibility index (Phi) is 5.38. The Bertz CT molecular complexity index is 1620. The lowest BCUT2D eigenvalue weighted by atomic mass is 10.1. The van der Waals surface area contributed by atoms with Crippen LogP contribution in [0.5, 0.6) is 0 Å². The van der Waals surface area contributed by atoms with Gasteiger partial charge in [-0.2, -0.15) is 0 Å². The van der Waals surface area contributed by atoms with Gasteiger partial charge >= 0.3 is 11.7 Å². The molecule has 0 aliphatic carbocycles. The molecule has 1 amide bonds. The second-order valence-corrected chi connectivity index (χ2v) is 8.18. The van der Waals surface area contributed by atoms with E-state index < -0.39 is 17.6 Å². The van der Waals surface area contributed by atoms with Gasteiger partial charge in [-0.05, 0) is 29.8 Å². The van der Waals surface area contributed by atoms with Gasteiger partial charge in [0.05, 0.1) is 28.6 Å². The number of halogens is 1. The molecule has 0 saturated heterocycles. The normalized spacial score (nSPS) is 11.1. The van der Waals surface area contributed by atoms with Crippen LogP contribution in [0.1, 0.15) is 10.4 Å². The first kappa shape index (κ1) is 21.5. The number of anilines is 1. The van der Waals surface area contributed by atoms with Gasteiger partial charge in [0.25, 0.3) is 0 Å². The fourth-order valence-electron chi connectivity index (χ4n) is 3.58. The first-order valence-corrected chi connectivity index (χ1v) is 10.9. The van der Waals surface area contributed by atoms with Crippen molar-refractivity contribution in [1.82, 2.24) is 19.2 Å². The molecule has 0 fully saturated rings. The highest BCUT2D eigenvalue weighted by atomic mass is 32.1. The van der Waals surface area contributed by atoms with Gasteiger partial charge < -0.3 is 10.1 Å². The van der Waals surface area contributed by atoms with Crippen molar-refractivity contribution in [3.05, 3.63) is 82.1 Å². The summed E-state index contributed by atoms with van der Waals surface area (Å²) in [5.41, 5.74) is 2.49. The standard InChI is InChI=1S/C23H16FN5O4S/c1-33-22(31)15-4-2-3-5-17(15)26-18(30)10-29-23(32)28-12-25-19-16(11-34-20(19)21(28)27-29)13-6-8-14(24)9-7-13/h2-9,11-12H,10H2,1H3,(H,26,30). The molecule has 0 spiro atoms. The van der Waals surface area contributed by atoms with Gasteiger partial charge in [0, 0.05) is 10.9 Å². The van der Waals surface area contributed by atoms with E-state index in [4.69, 9.17) is 4.74 Å². The number of amides is 1. The lowest BCUT2D eigenvalue weighted by Gasteiger charge is -2.09. The molecule has 5 aromatic rings. The molecule has 34 heavy (non-hydrogen) atoms. The molecule has 3 aromatic heterocycles. The fourth-order valence-corrected chi connectivity index (χ4v) is 4.58. The summed E-state index contributed by atoms with van der Waals surface area (Å²) in [5.74, 6) is -1.47. The van der Waals surface area contributed by atoms with Gasteiger partial charge in [-0.1, -0.05) is 24.3 Å². The van der Waals surface area contributed by atoms with E-state index in [9.17, 15) is 18.8 Å². The number of para-hydroxylation sites is 1. The Hall–Kier alpha value is -4.38. The second-order valence-electron chi connectivity index (χ2n) is 7.30. The van der Waals surface area contributed by atoms with Crippen LogP contribution in [0.2, 0.25) is 0 Å². The van der Waals surface area contributed by atoms with Gasteiger partial charge in [0.15, 0.2) is 5.65 Å².